The fraction of sp³-hybridized carbons (Fsp3) is 0.400. The van der Waals surface area contributed by atoms with Crippen molar-refractivity contribution in [2.45, 2.75) is 38.8 Å². The molecule has 2 N–H and O–H groups in total. The van der Waals surface area contributed by atoms with Gasteiger partial charge in [-0.05, 0) is 62.9 Å². The van der Waals surface area contributed by atoms with Gasteiger partial charge < -0.3 is 25.0 Å². The Balaban J connectivity index is 1.65. The summed E-state index contributed by atoms with van der Waals surface area (Å²) in [6.07, 6.45) is 2.31. The second kappa shape index (κ2) is 9.13. The van der Waals surface area contributed by atoms with Gasteiger partial charge in [0.1, 0.15) is 11.4 Å². The Labute approximate surface area is 194 Å². The van der Waals surface area contributed by atoms with Crippen molar-refractivity contribution in [3.8, 4) is 17.0 Å². The first-order chi connectivity index (χ1) is 15.8. The highest BCUT2D eigenvalue weighted by Crippen LogP contribution is 2.34. The number of carbonyl (C=O) groups is 1. The van der Waals surface area contributed by atoms with Crippen molar-refractivity contribution < 1.29 is 14.3 Å². The number of ether oxygens (including phenoxy) is 2. The first-order valence-corrected chi connectivity index (χ1v) is 11.1. The number of likely N-dealkylation sites (tertiary alicyclic amines) is 1. The fourth-order valence-corrected chi connectivity index (χ4v) is 3.96. The Morgan fingerprint density at radius 2 is 2.00 bits per heavy atom. The van der Waals surface area contributed by atoms with Gasteiger partial charge in [0.25, 0.3) is 0 Å². The lowest BCUT2D eigenvalue weighted by Gasteiger charge is -2.24. The SMILES string of the molecule is CNc1nccc(-c2cc(NC3CCN(C(=O)OC(C)(C)C)C3)c3cc(OC)ccc3c2)n1. The van der Waals surface area contributed by atoms with Crippen LogP contribution in [0.5, 0.6) is 5.75 Å². The number of hydrogen-bond acceptors (Lipinski definition) is 7. The lowest BCUT2D eigenvalue weighted by Crippen LogP contribution is -2.36. The van der Waals surface area contributed by atoms with Crippen molar-refractivity contribution in [1.29, 1.82) is 0 Å². The molecule has 1 saturated heterocycles. The molecule has 2 aromatic carbocycles. The second-order valence-electron chi connectivity index (χ2n) is 9.18. The lowest BCUT2D eigenvalue weighted by molar-refractivity contribution is 0.0293. The van der Waals surface area contributed by atoms with Crippen LogP contribution in [0, 0.1) is 0 Å². The molecule has 1 aliphatic heterocycles. The van der Waals surface area contributed by atoms with Crippen molar-refractivity contribution >= 4 is 28.5 Å². The highest BCUT2D eigenvalue weighted by Gasteiger charge is 2.30. The summed E-state index contributed by atoms with van der Waals surface area (Å²) in [5.41, 5.74) is 2.28. The number of amides is 1. The average Bonchev–Trinajstić information content (AvgIpc) is 3.26. The van der Waals surface area contributed by atoms with Crippen molar-refractivity contribution in [2.75, 3.05) is 37.9 Å². The number of fused-ring (bicyclic) bond motifs is 1. The molecular formula is C25H31N5O3. The number of carbonyl (C=O) groups excluding carboxylic acids is 1. The molecule has 8 heteroatoms. The number of nitrogens with zero attached hydrogens (tertiary/aromatic N) is 3. The average molecular weight is 450 g/mol. The van der Waals surface area contributed by atoms with E-state index in [0.717, 1.165) is 39.9 Å². The van der Waals surface area contributed by atoms with Crippen LogP contribution in [0.4, 0.5) is 16.4 Å². The Kier molecular flexibility index (Phi) is 6.26. The van der Waals surface area contributed by atoms with E-state index >= 15 is 0 Å². The van der Waals surface area contributed by atoms with Crippen LogP contribution >= 0.6 is 0 Å². The smallest absolute Gasteiger partial charge is 0.410 e. The van der Waals surface area contributed by atoms with Crippen molar-refractivity contribution in [3.63, 3.8) is 0 Å². The van der Waals surface area contributed by atoms with Gasteiger partial charge in [-0.2, -0.15) is 0 Å². The molecular weight excluding hydrogens is 418 g/mol. The first-order valence-electron chi connectivity index (χ1n) is 11.1. The quantitative estimate of drug-likeness (QED) is 0.580. The normalized spacial score (nSPS) is 16.0. The third-order valence-electron chi connectivity index (χ3n) is 5.54. The predicted octanol–water partition coefficient (Wildman–Crippen LogP) is 4.77. The molecule has 0 spiro atoms. The summed E-state index contributed by atoms with van der Waals surface area (Å²) in [5, 5.41) is 8.77. The van der Waals surface area contributed by atoms with Crippen molar-refractivity contribution in [2.24, 2.45) is 0 Å². The molecule has 0 saturated carbocycles. The molecule has 1 aromatic heterocycles. The van der Waals surface area contributed by atoms with Gasteiger partial charge in [-0.3, -0.25) is 0 Å². The predicted molar refractivity (Wildman–Crippen MR) is 131 cm³/mol. The van der Waals surface area contributed by atoms with E-state index in [2.05, 4.69) is 32.7 Å². The van der Waals surface area contributed by atoms with Crippen molar-refractivity contribution in [3.05, 3.63) is 42.6 Å². The van der Waals surface area contributed by atoms with E-state index in [0.29, 0.717) is 19.0 Å². The number of hydrogen-bond donors (Lipinski definition) is 2. The van der Waals surface area contributed by atoms with Crippen LogP contribution < -0.4 is 15.4 Å². The highest BCUT2D eigenvalue weighted by molar-refractivity contribution is 5.98. The molecule has 1 aliphatic rings. The molecule has 0 aliphatic carbocycles. The molecule has 0 bridgehead atoms. The molecule has 33 heavy (non-hydrogen) atoms. The zero-order chi connectivity index (χ0) is 23.6. The van der Waals surface area contributed by atoms with Crippen molar-refractivity contribution in [1.82, 2.24) is 14.9 Å². The number of anilines is 2. The monoisotopic (exact) mass is 449 g/mol. The maximum Gasteiger partial charge on any atom is 0.410 e. The Hall–Kier alpha value is -3.55. The molecule has 0 radical (unpaired) electrons. The summed E-state index contributed by atoms with van der Waals surface area (Å²) in [7, 11) is 3.47. The summed E-state index contributed by atoms with van der Waals surface area (Å²) in [6, 6.07) is 12.2. The van der Waals surface area contributed by atoms with Crippen LogP contribution in [-0.4, -0.2) is 59.9 Å². The van der Waals surface area contributed by atoms with Crippen LogP contribution in [0.25, 0.3) is 22.0 Å². The number of nitrogens with one attached hydrogen (secondary N) is 2. The largest absolute Gasteiger partial charge is 0.497 e. The molecule has 4 rings (SSSR count). The van der Waals surface area contributed by atoms with Gasteiger partial charge in [0.15, 0.2) is 0 Å². The van der Waals surface area contributed by atoms with Gasteiger partial charge >= 0.3 is 6.09 Å². The van der Waals surface area contributed by atoms with Gasteiger partial charge in [0.05, 0.1) is 12.8 Å². The van der Waals surface area contributed by atoms with Gasteiger partial charge in [0.2, 0.25) is 5.95 Å². The van der Waals surface area contributed by atoms with Gasteiger partial charge in [-0.1, -0.05) is 6.07 Å². The standard InChI is InChI=1S/C25H31N5O3/c1-25(2,3)33-24(31)30-11-9-18(15-30)28-22-13-17(21-8-10-27-23(26-4)29-21)12-16-6-7-19(32-5)14-20(16)22/h6-8,10,12-14,18,28H,9,11,15H2,1-5H3,(H,26,27,29). The maximum absolute atomic E-state index is 12.5. The molecule has 1 unspecified atom stereocenters. The van der Waals surface area contributed by atoms with E-state index in [-0.39, 0.29) is 12.1 Å². The van der Waals surface area contributed by atoms with Crippen LogP contribution in [0.2, 0.25) is 0 Å². The molecule has 1 atom stereocenters. The fourth-order valence-electron chi connectivity index (χ4n) is 3.96. The van der Waals surface area contributed by atoms with E-state index < -0.39 is 5.60 Å². The third-order valence-corrected chi connectivity index (χ3v) is 5.54. The minimum absolute atomic E-state index is 0.112. The summed E-state index contributed by atoms with van der Waals surface area (Å²) in [5.74, 6) is 1.36. The Bertz CT molecular complexity index is 1160. The van der Waals surface area contributed by atoms with E-state index in [1.165, 1.54) is 0 Å². The van der Waals surface area contributed by atoms with E-state index in [1.807, 2.05) is 45.0 Å². The van der Waals surface area contributed by atoms with Crippen LogP contribution in [0.15, 0.2) is 42.6 Å². The number of methoxy groups -OCH3 is 1. The molecule has 3 aromatic rings. The van der Waals surface area contributed by atoms with E-state index in [4.69, 9.17) is 9.47 Å². The van der Waals surface area contributed by atoms with Crippen LogP contribution in [-0.2, 0) is 4.74 Å². The Morgan fingerprint density at radius 1 is 1.18 bits per heavy atom. The molecule has 174 valence electrons. The maximum atomic E-state index is 12.5. The topological polar surface area (TPSA) is 88.6 Å². The highest BCUT2D eigenvalue weighted by atomic mass is 16.6. The number of aromatic nitrogens is 2. The zero-order valence-electron chi connectivity index (χ0n) is 19.8. The zero-order valence-corrected chi connectivity index (χ0v) is 19.8. The molecule has 8 nitrogen and oxygen atoms in total. The summed E-state index contributed by atoms with van der Waals surface area (Å²) in [6.45, 7) is 6.89. The summed E-state index contributed by atoms with van der Waals surface area (Å²) in [4.78, 5) is 23.1. The van der Waals surface area contributed by atoms with Crippen LogP contribution in [0.3, 0.4) is 0 Å². The molecule has 1 amide bonds. The lowest BCUT2D eigenvalue weighted by atomic mass is 10.0. The van der Waals surface area contributed by atoms with Gasteiger partial charge in [-0.25, -0.2) is 14.8 Å². The van der Waals surface area contributed by atoms with Gasteiger partial charge in [0, 0.05) is 49.0 Å². The first kappa shape index (κ1) is 22.6. The number of benzene rings is 2. The van der Waals surface area contributed by atoms with Crippen LogP contribution in [0.1, 0.15) is 27.2 Å². The summed E-state index contributed by atoms with van der Waals surface area (Å²) < 4.78 is 11.0. The minimum atomic E-state index is -0.507. The summed E-state index contributed by atoms with van der Waals surface area (Å²) >= 11 is 0. The van der Waals surface area contributed by atoms with E-state index in [1.54, 1.807) is 25.3 Å². The van der Waals surface area contributed by atoms with E-state index in [9.17, 15) is 4.79 Å². The van der Waals surface area contributed by atoms with Gasteiger partial charge in [-0.15, -0.1) is 0 Å². The second-order valence-corrected chi connectivity index (χ2v) is 9.18. The third kappa shape index (κ3) is 5.27. The Morgan fingerprint density at radius 3 is 2.73 bits per heavy atom. The molecule has 2 heterocycles. The molecule has 1 fully saturated rings. The number of rotatable bonds is 5. The minimum Gasteiger partial charge on any atom is -0.497 e.